The summed E-state index contributed by atoms with van der Waals surface area (Å²) in [7, 11) is 3.52. The van der Waals surface area contributed by atoms with Gasteiger partial charge in [-0.2, -0.15) is 5.10 Å². The summed E-state index contributed by atoms with van der Waals surface area (Å²) in [5.41, 5.74) is 3.75. The van der Waals surface area contributed by atoms with Gasteiger partial charge in [-0.3, -0.25) is 9.48 Å². The molecular weight excluding hydrogens is 406 g/mol. The predicted molar refractivity (Wildman–Crippen MR) is 122 cm³/mol. The number of amides is 1. The maximum absolute atomic E-state index is 13.7. The fourth-order valence-corrected chi connectivity index (χ4v) is 4.38. The van der Waals surface area contributed by atoms with Crippen molar-refractivity contribution in [2.45, 2.75) is 6.92 Å². The van der Waals surface area contributed by atoms with E-state index in [4.69, 9.17) is 14.1 Å². The van der Waals surface area contributed by atoms with Gasteiger partial charge in [-0.15, -0.1) is 0 Å². The minimum atomic E-state index is -0.0130. The summed E-state index contributed by atoms with van der Waals surface area (Å²) < 4.78 is 12.8. The van der Waals surface area contributed by atoms with Gasteiger partial charge in [0, 0.05) is 33.2 Å². The van der Waals surface area contributed by atoms with Crippen LogP contribution in [0.5, 0.6) is 5.75 Å². The quantitative estimate of drug-likeness (QED) is 0.492. The lowest BCUT2D eigenvalue weighted by atomic mass is 10.1. The first-order valence-corrected chi connectivity index (χ1v) is 10.6. The van der Waals surface area contributed by atoms with Crippen molar-refractivity contribution >= 4 is 22.6 Å². The lowest BCUT2D eigenvalue weighted by molar-refractivity contribution is 0.0748. The molecule has 0 aliphatic carbocycles. The van der Waals surface area contributed by atoms with Crippen LogP contribution in [-0.4, -0.2) is 58.9 Å². The third kappa shape index (κ3) is 3.37. The number of furan rings is 1. The molecule has 1 aliphatic rings. The largest absolute Gasteiger partial charge is 0.495 e. The molecule has 0 spiro atoms. The van der Waals surface area contributed by atoms with Crippen molar-refractivity contribution in [3.8, 4) is 17.2 Å². The van der Waals surface area contributed by atoms with E-state index in [1.165, 1.54) is 0 Å². The Kier molecular flexibility index (Phi) is 5.05. The average molecular weight is 431 g/mol. The molecule has 0 atom stereocenters. The molecule has 8 heteroatoms. The highest BCUT2D eigenvalue weighted by molar-refractivity contribution is 6.07. The van der Waals surface area contributed by atoms with Crippen molar-refractivity contribution in [1.29, 1.82) is 0 Å². The Labute approximate surface area is 186 Å². The van der Waals surface area contributed by atoms with Crippen molar-refractivity contribution in [1.82, 2.24) is 19.7 Å². The number of methoxy groups -OCH3 is 1. The van der Waals surface area contributed by atoms with E-state index in [1.807, 2.05) is 55.3 Å². The van der Waals surface area contributed by atoms with Gasteiger partial charge in [0.15, 0.2) is 11.4 Å². The highest BCUT2D eigenvalue weighted by Crippen LogP contribution is 2.30. The molecule has 4 aromatic rings. The highest BCUT2D eigenvalue weighted by Gasteiger charge is 2.27. The minimum absolute atomic E-state index is 0.0130. The van der Waals surface area contributed by atoms with E-state index in [1.54, 1.807) is 18.1 Å². The first-order chi connectivity index (χ1) is 15.6. The van der Waals surface area contributed by atoms with Crippen molar-refractivity contribution in [2.24, 2.45) is 7.05 Å². The Balaban J connectivity index is 1.45. The molecule has 0 radical (unpaired) electrons. The van der Waals surface area contributed by atoms with Crippen molar-refractivity contribution < 1.29 is 13.9 Å². The Morgan fingerprint density at radius 2 is 1.88 bits per heavy atom. The van der Waals surface area contributed by atoms with Crippen LogP contribution in [0.3, 0.4) is 0 Å². The summed E-state index contributed by atoms with van der Waals surface area (Å²) in [4.78, 5) is 22.5. The molecule has 0 N–H and O–H groups in total. The molecule has 1 fully saturated rings. The number of piperazine rings is 1. The molecule has 1 aliphatic heterocycles. The molecule has 1 saturated heterocycles. The fraction of sp³-hybridized carbons (Fsp3) is 0.292. The number of ether oxygens (including phenoxy) is 1. The molecule has 3 aromatic heterocycles. The molecule has 1 aromatic carbocycles. The first kappa shape index (κ1) is 20.1. The van der Waals surface area contributed by atoms with Crippen LogP contribution in [0.25, 0.3) is 22.5 Å². The lowest BCUT2D eigenvalue weighted by Gasteiger charge is -2.36. The number of nitrogens with zero attached hydrogens (tertiary/aromatic N) is 5. The molecule has 0 unspecified atom stereocenters. The van der Waals surface area contributed by atoms with E-state index < -0.39 is 0 Å². The second-order valence-electron chi connectivity index (χ2n) is 7.89. The van der Waals surface area contributed by atoms with Gasteiger partial charge < -0.3 is 19.0 Å². The molecule has 1 amide bonds. The third-order valence-electron chi connectivity index (χ3n) is 5.97. The van der Waals surface area contributed by atoms with Crippen LogP contribution in [0.1, 0.15) is 16.1 Å². The number of anilines is 1. The van der Waals surface area contributed by atoms with Crippen LogP contribution in [0.15, 0.2) is 53.1 Å². The fourth-order valence-electron chi connectivity index (χ4n) is 4.38. The predicted octanol–water partition coefficient (Wildman–Crippen LogP) is 3.51. The number of rotatable bonds is 4. The van der Waals surface area contributed by atoms with Gasteiger partial charge >= 0.3 is 0 Å². The number of aromatic nitrogens is 3. The maximum atomic E-state index is 13.7. The molecule has 164 valence electrons. The van der Waals surface area contributed by atoms with Crippen molar-refractivity contribution in [3.05, 3.63) is 60.0 Å². The monoisotopic (exact) mass is 431 g/mol. The number of para-hydroxylation sites is 2. The summed E-state index contributed by atoms with van der Waals surface area (Å²) in [6, 6.07) is 13.5. The average Bonchev–Trinajstić information content (AvgIpc) is 3.47. The summed E-state index contributed by atoms with van der Waals surface area (Å²) >= 11 is 0. The van der Waals surface area contributed by atoms with Gasteiger partial charge in [-0.05, 0) is 37.3 Å². The number of aryl methyl sites for hydroxylation is 2. The molecule has 5 rings (SSSR count). The van der Waals surface area contributed by atoms with Crippen LogP contribution in [0.2, 0.25) is 0 Å². The SMILES string of the molecule is COc1ccccc1N1CCN(C(=O)c2cc(-c3ccco3)nc3c2c(C)nn3C)CC1. The van der Waals surface area contributed by atoms with Crippen LogP contribution in [-0.2, 0) is 7.05 Å². The standard InChI is InChI=1S/C24H25N5O3/c1-16-22-17(15-18(20-9-6-14-32-20)25-23(22)27(2)26-16)24(30)29-12-10-28(11-13-29)19-7-4-5-8-21(19)31-3/h4-9,14-15H,10-13H2,1-3H3. The van der Waals surface area contributed by atoms with Crippen molar-refractivity contribution in [3.63, 3.8) is 0 Å². The van der Waals surface area contributed by atoms with Crippen LogP contribution in [0.4, 0.5) is 5.69 Å². The lowest BCUT2D eigenvalue weighted by Crippen LogP contribution is -2.49. The van der Waals surface area contributed by atoms with E-state index >= 15 is 0 Å². The third-order valence-corrected chi connectivity index (χ3v) is 5.97. The van der Waals surface area contributed by atoms with Gasteiger partial charge in [0.25, 0.3) is 5.91 Å². The van der Waals surface area contributed by atoms with Crippen LogP contribution >= 0.6 is 0 Å². The van der Waals surface area contributed by atoms with Crippen molar-refractivity contribution in [2.75, 3.05) is 38.2 Å². The zero-order valence-corrected chi connectivity index (χ0v) is 18.4. The second-order valence-corrected chi connectivity index (χ2v) is 7.89. The molecule has 0 bridgehead atoms. The van der Waals surface area contributed by atoms with E-state index in [0.717, 1.165) is 35.6 Å². The molecule has 32 heavy (non-hydrogen) atoms. The summed E-state index contributed by atoms with van der Waals surface area (Å²) in [6.07, 6.45) is 1.61. The molecular formula is C24H25N5O3. The number of carbonyl (C=O) groups is 1. The summed E-state index contributed by atoms with van der Waals surface area (Å²) in [5.74, 6) is 1.46. The Morgan fingerprint density at radius 1 is 1.09 bits per heavy atom. The Hall–Kier alpha value is -3.81. The first-order valence-electron chi connectivity index (χ1n) is 10.6. The normalized spacial score (nSPS) is 14.2. The number of benzene rings is 1. The Bertz CT molecular complexity index is 1270. The smallest absolute Gasteiger partial charge is 0.254 e. The summed E-state index contributed by atoms with van der Waals surface area (Å²) in [5, 5.41) is 5.29. The van der Waals surface area contributed by atoms with E-state index in [2.05, 4.69) is 16.1 Å². The van der Waals surface area contributed by atoms with E-state index in [0.29, 0.717) is 35.8 Å². The number of hydrogen-bond acceptors (Lipinski definition) is 6. The van der Waals surface area contributed by atoms with Gasteiger partial charge in [-0.25, -0.2) is 4.98 Å². The van der Waals surface area contributed by atoms with Gasteiger partial charge in [0.05, 0.1) is 35.7 Å². The number of hydrogen-bond donors (Lipinski definition) is 0. The Morgan fingerprint density at radius 3 is 2.59 bits per heavy atom. The van der Waals surface area contributed by atoms with Crippen LogP contribution < -0.4 is 9.64 Å². The van der Waals surface area contributed by atoms with Gasteiger partial charge in [0.1, 0.15) is 11.4 Å². The van der Waals surface area contributed by atoms with E-state index in [9.17, 15) is 4.79 Å². The zero-order valence-electron chi connectivity index (χ0n) is 18.4. The maximum Gasteiger partial charge on any atom is 0.254 e. The van der Waals surface area contributed by atoms with Crippen LogP contribution in [0, 0.1) is 6.92 Å². The topological polar surface area (TPSA) is 76.6 Å². The molecule has 0 saturated carbocycles. The van der Waals surface area contributed by atoms with E-state index in [-0.39, 0.29) is 5.91 Å². The molecule has 4 heterocycles. The summed E-state index contributed by atoms with van der Waals surface area (Å²) in [6.45, 7) is 4.62. The number of carbonyl (C=O) groups excluding carboxylic acids is 1. The minimum Gasteiger partial charge on any atom is -0.495 e. The van der Waals surface area contributed by atoms with Gasteiger partial charge in [0.2, 0.25) is 0 Å². The van der Waals surface area contributed by atoms with Gasteiger partial charge in [-0.1, -0.05) is 12.1 Å². The number of fused-ring (bicyclic) bond motifs is 1. The number of pyridine rings is 1. The highest BCUT2D eigenvalue weighted by atomic mass is 16.5. The second kappa shape index (κ2) is 8.03. The zero-order chi connectivity index (χ0) is 22.2. The molecule has 8 nitrogen and oxygen atoms in total.